The highest BCUT2D eigenvalue weighted by Gasteiger charge is 2.27. The van der Waals surface area contributed by atoms with Crippen molar-refractivity contribution in [3.8, 4) is 0 Å². The quantitative estimate of drug-likeness (QED) is 0.809. The molecular formula is C11H17N3O4. The van der Waals surface area contributed by atoms with E-state index in [4.69, 9.17) is 14.4 Å². The van der Waals surface area contributed by atoms with E-state index < -0.39 is 12.1 Å². The summed E-state index contributed by atoms with van der Waals surface area (Å²) < 4.78 is 10.3. The van der Waals surface area contributed by atoms with E-state index in [2.05, 4.69) is 17.1 Å². The van der Waals surface area contributed by atoms with Gasteiger partial charge < -0.3 is 14.4 Å². The van der Waals surface area contributed by atoms with Gasteiger partial charge in [-0.1, -0.05) is 12.1 Å². The Morgan fingerprint density at radius 1 is 1.61 bits per heavy atom. The van der Waals surface area contributed by atoms with Crippen molar-refractivity contribution < 1.29 is 19.2 Å². The van der Waals surface area contributed by atoms with Crippen molar-refractivity contribution in [1.82, 2.24) is 15.0 Å². The summed E-state index contributed by atoms with van der Waals surface area (Å²) in [5.41, 5.74) is 0. The van der Waals surface area contributed by atoms with Crippen LogP contribution in [0.25, 0.3) is 0 Å². The van der Waals surface area contributed by atoms with Crippen molar-refractivity contribution in [3.05, 3.63) is 11.7 Å². The van der Waals surface area contributed by atoms with Crippen LogP contribution in [-0.2, 0) is 22.5 Å². The smallest absolute Gasteiger partial charge is 0.334 e. The zero-order valence-electron chi connectivity index (χ0n) is 10.3. The van der Waals surface area contributed by atoms with Gasteiger partial charge in [-0.2, -0.15) is 4.98 Å². The minimum atomic E-state index is -0.933. The molecule has 2 heterocycles. The van der Waals surface area contributed by atoms with Crippen LogP contribution in [0.3, 0.4) is 0 Å². The molecule has 7 nitrogen and oxygen atoms in total. The minimum Gasteiger partial charge on any atom is -0.479 e. The van der Waals surface area contributed by atoms with Gasteiger partial charge in [0, 0.05) is 19.5 Å². The molecule has 1 N–H and O–H groups in total. The largest absolute Gasteiger partial charge is 0.479 e. The van der Waals surface area contributed by atoms with Gasteiger partial charge in [-0.05, 0) is 6.42 Å². The van der Waals surface area contributed by atoms with E-state index in [1.165, 1.54) is 0 Å². The van der Waals surface area contributed by atoms with Crippen molar-refractivity contribution in [1.29, 1.82) is 0 Å². The van der Waals surface area contributed by atoms with Gasteiger partial charge in [-0.15, -0.1) is 0 Å². The van der Waals surface area contributed by atoms with E-state index in [0.717, 1.165) is 12.8 Å². The fraction of sp³-hybridized carbons (Fsp3) is 0.727. The molecule has 0 bridgehead atoms. The van der Waals surface area contributed by atoms with Crippen LogP contribution in [0.5, 0.6) is 0 Å². The molecule has 1 aromatic heterocycles. The molecule has 0 radical (unpaired) electrons. The molecule has 0 saturated carbocycles. The van der Waals surface area contributed by atoms with Crippen LogP contribution in [0.1, 0.15) is 25.1 Å². The number of hydrogen-bond acceptors (Lipinski definition) is 6. The van der Waals surface area contributed by atoms with Crippen LogP contribution in [0.4, 0.5) is 0 Å². The summed E-state index contributed by atoms with van der Waals surface area (Å²) in [6, 6.07) is 0. The zero-order valence-corrected chi connectivity index (χ0v) is 10.3. The van der Waals surface area contributed by atoms with Crippen LogP contribution in [0.15, 0.2) is 4.52 Å². The number of aromatic nitrogens is 2. The summed E-state index contributed by atoms with van der Waals surface area (Å²) in [6.07, 6.45) is 0.999. The number of morpholine rings is 1. The summed E-state index contributed by atoms with van der Waals surface area (Å²) in [7, 11) is 0. The molecule has 0 spiro atoms. The van der Waals surface area contributed by atoms with Crippen molar-refractivity contribution in [2.24, 2.45) is 0 Å². The Bertz CT molecular complexity index is 407. The van der Waals surface area contributed by atoms with Crippen molar-refractivity contribution in [3.63, 3.8) is 0 Å². The SMILES string of the molecule is CCCc1noc(CN2CCOC(C(=O)O)C2)n1. The van der Waals surface area contributed by atoms with Crippen LogP contribution < -0.4 is 0 Å². The monoisotopic (exact) mass is 255 g/mol. The molecule has 18 heavy (non-hydrogen) atoms. The molecule has 0 aliphatic carbocycles. The van der Waals surface area contributed by atoms with Gasteiger partial charge >= 0.3 is 5.97 Å². The zero-order chi connectivity index (χ0) is 13.0. The topological polar surface area (TPSA) is 88.7 Å². The Kier molecular flexibility index (Phi) is 4.27. The number of rotatable bonds is 5. The fourth-order valence-electron chi connectivity index (χ4n) is 1.87. The first-order valence-electron chi connectivity index (χ1n) is 6.07. The molecule has 7 heteroatoms. The molecule has 1 unspecified atom stereocenters. The molecule has 0 amide bonds. The number of hydrogen-bond donors (Lipinski definition) is 1. The predicted octanol–water partition coefficient (Wildman–Crippen LogP) is 0.308. The van der Waals surface area contributed by atoms with Gasteiger partial charge in [0.15, 0.2) is 11.9 Å². The molecule has 2 rings (SSSR count). The molecule has 1 fully saturated rings. The first-order chi connectivity index (χ1) is 8.69. The number of ether oxygens (including phenoxy) is 1. The number of nitrogens with zero attached hydrogens (tertiary/aromatic N) is 3. The van der Waals surface area contributed by atoms with Gasteiger partial charge in [0.05, 0.1) is 13.2 Å². The maximum absolute atomic E-state index is 10.8. The van der Waals surface area contributed by atoms with Crippen LogP contribution in [0.2, 0.25) is 0 Å². The van der Waals surface area contributed by atoms with Gasteiger partial charge in [-0.25, -0.2) is 4.79 Å². The van der Waals surface area contributed by atoms with E-state index in [9.17, 15) is 4.79 Å². The Balaban J connectivity index is 1.89. The summed E-state index contributed by atoms with van der Waals surface area (Å²) in [5.74, 6) is 0.303. The van der Waals surface area contributed by atoms with Crippen molar-refractivity contribution in [2.75, 3.05) is 19.7 Å². The lowest BCUT2D eigenvalue weighted by Crippen LogP contribution is -2.45. The van der Waals surface area contributed by atoms with Crippen molar-refractivity contribution >= 4 is 5.97 Å². The predicted molar refractivity (Wildman–Crippen MR) is 60.9 cm³/mol. The van der Waals surface area contributed by atoms with Gasteiger partial charge in [0.1, 0.15) is 0 Å². The first-order valence-corrected chi connectivity index (χ1v) is 6.07. The number of carboxylic acids is 1. The summed E-state index contributed by atoms with van der Waals surface area (Å²) >= 11 is 0. The third kappa shape index (κ3) is 3.27. The second-order valence-electron chi connectivity index (χ2n) is 4.29. The lowest BCUT2D eigenvalue weighted by Gasteiger charge is -2.29. The lowest BCUT2D eigenvalue weighted by atomic mass is 10.2. The number of carboxylic acid groups (broad SMARTS) is 1. The van der Waals surface area contributed by atoms with E-state index >= 15 is 0 Å². The summed E-state index contributed by atoms with van der Waals surface area (Å²) in [4.78, 5) is 17.0. The molecule has 1 aromatic rings. The highest BCUT2D eigenvalue weighted by Crippen LogP contribution is 2.10. The first kappa shape index (κ1) is 13.0. The maximum Gasteiger partial charge on any atom is 0.334 e. The van der Waals surface area contributed by atoms with E-state index in [1.807, 2.05) is 4.90 Å². The second kappa shape index (κ2) is 5.92. The average molecular weight is 255 g/mol. The highest BCUT2D eigenvalue weighted by atomic mass is 16.5. The van der Waals surface area contributed by atoms with Crippen LogP contribution in [-0.4, -0.2) is 51.9 Å². The normalized spacial score (nSPS) is 21.1. The molecule has 1 aliphatic rings. The lowest BCUT2D eigenvalue weighted by molar-refractivity contribution is -0.156. The standard InChI is InChI=1S/C11H17N3O4/c1-2-3-9-12-10(18-13-9)7-14-4-5-17-8(6-14)11(15)16/h8H,2-7H2,1H3,(H,15,16). The Morgan fingerprint density at radius 3 is 3.17 bits per heavy atom. The van der Waals surface area contributed by atoms with Gasteiger partial charge in [-0.3, -0.25) is 4.90 Å². The fourth-order valence-corrected chi connectivity index (χ4v) is 1.87. The second-order valence-corrected chi connectivity index (χ2v) is 4.29. The molecule has 1 aliphatic heterocycles. The number of aliphatic carboxylic acids is 1. The summed E-state index contributed by atoms with van der Waals surface area (Å²) in [6.45, 7) is 3.96. The van der Waals surface area contributed by atoms with Gasteiger partial charge in [0.25, 0.3) is 0 Å². The molecule has 1 atom stereocenters. The molecule has 1 saturated heterocycles. The third-order valence-electron chi connectivity index (χ3n) is 2.77. The highest BCUT2D eigenvalue weighted by molar-refractivity contribution is 5.72. The van der Waals surface area contributed by atoms with Crippen LogP contribution >= 0.6 is 0 Å². The van der Waals surface area contributed by atoms with Crippen molar-refractivity contribution in [2.45, 2.75) is 32.4 Å². The Morgan fingerprint density at radius 2 is 2.44 bits per heavy atom. The van der Waals surface area contributed by atoms with Crippen LogP contribution in [0, 0.1) is 0 Å². The third-order valence-corrected chi connectivity index (χ3v) is 2.77. The summed E-state index contributed by atoms with van der Waals surface area (Å²) in [5, 5.41) is 12.8. The van der Waals surface area contributed by atoms with E-state index in [1.54, 1.807) is 0 Å². The molecule has 100 valence electrons. The number of carbonyl (C=O) groups is 1. The van der Waals surface area contributed by atoms with E-state index in [0.29, 0.717) is 38.0 Å². The maximum atomic E-state index is 10.8. The Hall–Kier alpha value is -1.47. The van der Waals surface area contributed by atoms with E-state index in [-0.39, 0.29) is 0 Å². The minimum absolute atomic E-state index is 0.348. The number of aryl methyl sites for hydroxylation is 1. The van der Waals surface area contributed by atoms with Gasteiger partial charge in [0.2, 0.25) is 5.89 Å². The Labute approximate surface area is 105 Å². The average Bonchev–Trinajstić information content (AvgIpc) is 2.77. The molecule has 0 aromatic carbocycles. The molecular weight excluding hydrogens is 238 g/mol.